The Morgan fingerprint density at radius 3 is 2.81 bits per heavy atom. The molecule has 2 aromatic rings. The van der Waals surface area contributed by atoms with Crippen LogP contribution in [-0.4, -0.2) is 30.0 Å². The van der Waals surface area contributed by atoms with Crippen molar-refractivity contribution >= 4 is 10.0 Å². The van der Waals surface area contributed by atoms with Crippen LogP contribution >= 0.6 is 0 Å². The second kappa shape index (κ2) is 6.84. The number of nitrogens with one attached hydrogen (secondary N) is 2. The maximum Gasteiger partial charge on any atom is 0.240 e. The number of aliphatic hydroxyl groups is 1. The van der Waals surface area contributed by atoms with Crippen LogP contribution in [0.15, 0.2) is 35.6 Å². The maximum absolute atomic E-state index is 12.4. The second-order valence-corrected chi connectivity index (χ2v) is 6.41. The van der Waals surface area contributed by atoms with E-state index in [0.717, 1.165) is 11.3 Å². The molecule has 7 heteroatoms. The van der Waals surface area contributed by atoms with Crippen molar-refractivity contribution in [3.8, 4) is 0 Å². The minimum Gasteiger partial charge on any atom is -0.392 e. The van der Waals surface area contributed by atoms with Crippen LogP contribution in [0.2, 0.25) is 0 Å². The number of hydrogen-bond donors (Lipinski definition) is 3. The van der Waals surface area contributed by atoms with E-state index >= 15 is 0 Å². The number of hydrogen-bond acceptors (Lipinski definition) is 4. The number of aromatic amines is 1. The topological polar surface area (TPSA) is 95.1 Å². The fraction of sp³-hybridized carbons (Fsp3) is 0.357. The molecule has 0 bridgehead atoms. The first kappa shape index (κ1) is 15.7. The van der Waals surface area contributed by atoms with Gasteiger partial charge in [0.1, 0.15) is 0 Å². The van der Waals surface area contributed by atoms with Gasteiger partial charge in [-0.05, 0) is 23.6 Å². The number of aryl methyl sites for hydroxylation is 1. The summed E-state index contributed by atoms with van der Waals surface area (Å²) in [5.74, 6) is 0. The summed E-state index contributed by atoms with van der Waals surface area (Å²) in [6, 6.07) is 5.01. The molecule has 1 aromatic heterocycles. The molecule has 0 saturated heterocycles. The number of H-pyrrole nitrogens is 1. The van der Waals surface area contributed by atoms with Crippen molar-refractivity contribution in [2.45, 2.75) is 31.3 Å². The number of nitrogens with zero attached hydrogens (tertiary/aromatic N) is 1. The molecule has 0 saturated carbocycles. The summed E-state index contributed by atoms with van der Waals surface area (Å²) in [5.41, 5.74) is 2.19. The highest BCUT2D eigenvalue weighted by Gasteiger charge is 2.18. The lowest BCUT2D eigenvalue weighted by Crippen LogP contribution is -2.27. The lowest BCUT2D eigenvalue weighted by atomic mass is 10.1. The van der Waals surface area contributed by atoms with Crippen LogP contribution in [0.5, 0.6) is 0 Å². The molecule has 0 unspecified atom stereocenters. The molecule has 0 aliphatic carbocycles. The van der Waals surface area contributed by atoms with Gasteiger partial charge in [0, 0.05) is 24.9 Å². The molecule has 0 spiro atoms. The molecule has 0 atom stereocenters. The molecule has 0 aliphatic rings. The highest BCUT2D eigenvalue weighted by Crippen LogP contribution is 2.18. The van der Waals surface area contributed by atoms with Gasteiger partial charge in [0.15, 0.2) is 0 Å². The molecule has 1 aromatic carbocycles. The zero-order valence-corrected chi connectivity index (χ0v) is 12.7. The van der Waals surface area contributed by atoms with Gasteiger partial charge < -0.3 is 10.1 Å². The Balaban J connectivity index is 2.14. The van der Waals surface area contributed by atoms with Crippen LogP contribution in [0.25, 0.3) is 0 Å². The SMILES string of the molecule is CCc1ccc(CO)cc1S(=O)(=O)NCCc1cnc[nH]1. The number of aromatic nitrogens is 2. The summed E-state index contributed by atoms with van der Waals surface area (Å²) in [7, 11) is -3.58. The normalized spacial score (nSPS) is 11.7. The molecule has 3 N–H and O–H groups in total. The summed E-state index contributed by atoms with van der Waals surface area (Å²) in [6.07, 6.45) is 4.38. The van der Waals surface area contributed by atoms with Gasteiger partial charge in [-0.15, -0.1) is 0 Å². The largest absolute Gasteiger partial charge is 0.392 e. The van der Waals surface area contributed by atoms with E-state index in [2.05, 4.69) is 14.7 Å². The van der Waals surface area contributed by atoms with Gasteiger partial charge in [-0.25, -0.2) is 18.1 Å². The van der Waals surface area contributed by atoms with E-state index in [1.54, 1.807) is 24.7 Å². The summed E-state index contributed by atoms with van der Waals surface area (Å²) in [5, 5.41) is 9.17. The van der Waals surface area contributed by atoms with Crippen molar-refractivity contribution in [2.24, 2.45) is 0 Å². The monoisotopic (exact) mass is 309 g/mol. The molecule has 114 valence electrons. The van der Waals surface area contributed by atoms with E-state index in [1.165, 1.54) is 6.07 Å². The Morgan fingerprint density at radius 2 is 2.19 bits per heavy atom. The van der Waals surface area contributed by atoms with Gasteiger partial charge in [0.25, 0.3) is 0 Å². The lowest BCUT2D eigenvalue weighted by molar-refractivity contribution is 0.281. The number of sulfonamides is 1. The van der Waals surface area contributed by atoms with Crippen LogP contribution < -0.4 is 4.72 Å². The van der Waals surface area contributed by atoms with E-state index in [4.69, 9.17) is 5.11 Å². The third-order valence-electron chi connectivity index (χ3n) is 3.23. The van der Waals surface area contributed by atoms with Crippen molar-refractivity contribution in [1.82, 2.24) is 14.7 Å². The third-order valence-corrected chi connectivity index (χ3v) is 4.77. The van der Waals surface area contributed by atoms with Gasteiger partial charge >= 0.3 is 0 Å². The van der Waals surface area contributed by atoms with Crippen LogP contribution in [-0.2, 0) is 29.5 Å². The molecule has 1 heterocycles. The molecule has 0 radical (unpaired) electrons. The van der Waals surface area contributed by atoms with Gasteiger partial charge in [-0.3, -0.25) is 0 Å². The summed E-state index contributed by atoms with van der Waals surface area (Å²) >= 11 is 0. The van der Waals surface area contributed by atoms with E-state index in [0.29, 0.717) is 18.4 Å². The number of rotatable bonds is 7. The minimum absolute atomic E-state index is 0.180. The van der Waals surface area contributed by atoms with Crippen LogP contribution in [0.3, 0.4) is 0 Å². The molecule has 0 fully saturated rings. The highest BCUT2D eigenvalue weighted by atomic mass is 32.2. The van der Waals surface area contributed by atoms with E-state index < -0.39 is 10.0 Å². The fourth-order valence-electron chi connectivity index (χ4n) is 2.06. The van der Waals surface area contributed by atoms with Crippen molar-refractivity contribution in [3.05, 3.63) is 47.5 Å². The molecular weight excluding hydrogens is 290 g/mol. The molecule has 0 aliphatic heterocycles. The molecule has 2 rings (SSSR count). The van der Waals surface area contributed by atoms with Crippen molar-refractivity contribution in [2.75, 3.05) is 6.54 Å². The highest BCUT2D eigenvalue weighted by molar-refractivity contribution is 7.89. The maximum atomic E-state index is 12.4. The summed E-state index contributed by atoms with van der Waals surface area (Å²) in [4.78, 5) is 7.05. The Kier molecular flexibility index (Phi) is 5.11. The average molecular weight is 309 g/mol. The Bertz CT molecular complexity index is 681. The molecule has 21 heavy (non-hydrogen) atoms. The lowest BCUT2D eigenvalue weighted by Gasteiger charge is -2.11. The Labute approximate surface area is 124 Å². The zero-order valence-electron chi connectivity index (χ0n) is 11.8. The average Bonchev–Trinajstić information content (AvgIpc) is 2.99. The first-order valence-corrected chi connectivity index (χ1v) is 8.24. The minimum atomic E-state index is -3.58. The van der Waals surface area contributed by atoms with E-state index in [-0.39, 0.29) is 18.0 Å². The van der Waals surface area contributed by atoms with Crippen LogP contribution in [0, 0.1) is 0 Å². The van der Waals surface area contributed by atoms with Gasteiger partial charge in [0.2, 0.25) is 10.0 Å². The van der Waals surface area contributed by atoms with E-state index in [1.807, 2.05) is 6.92 Å². The standard InChI is InChI=1S/C14H19N3O3S/c1-2-12-4-3-11(9-18)7-14(12)21(19,20)17-6-5-13-8-15-10-16-13/h3-4,7-8,10,17-18H,2,5-6,9H2,1H3,(H,15,16). The van der Waals surface area contributed by atoms with Gasteiger partial charge in [-0.1, -0.05) is 19.1 Å². The van der Waals surface area contributed by atoms with Gasteiger partial charge in [0.05, 0.1) is 17.8 Å². The number of aliphatic hydroxyl groups excluding tert-OH is 1. The number of benzene rings is 1. The van der Waals surface area contributed by atoms with Crippen LogP contribution in [0.4, 0.5) is 0 Å². The number of imidazole rings is 1. The smallest absolute Gasteiger partial charge is 0.240 e. The Hall–Kier alpha value is -1.70. The van der Waals surface area contributed by atoms with Crippen LogP contribution in [0.1, 0.15) is 23.7 Å². The van der Waals surface area contributed by atoms with Crippen molar-refractivity contribution in [3.63, 3.8) is 0 Å². The first-order chi connectivity index (χ1) is 10.1. The molecule has 0 amide bonds. The second-order valence-electron chi connectivity index (χ2n) is 4.68. The third kappa shape index (κ3) is 3.90. The molecular formula is C14H19N3O3S. The summed E-state index contributed by atoms with van der Waals surface area (Å²) < 4.78 is 27.4. The predicted octanol–water partition coefficient (Wildman–Crippen LogP) is 0.985. The zero-order chi connectivity index (χ0) is 15.3. The van der Waals surface area contributed by atoms with Crippen molar-refractivity contribution < 1.29 is 13.5 Å². The van der Waals surface area contributed by atoms with E-state index in [9.17, 15) is 8.42 Å². The first-order valence-electron chi connectivity index (χ1n) is 6.76. The Morgan fingerprint density at radius 1 is 1.38 bits per heavy atom. The van der Waals surface area contributed by atoms with Crippen molar-refractivity contribution in [1.29, 1.82) is 0 Å². The predicted molar refractivity (Wildman–Crippen MR) is 79.2 cm³/mol. The molecule has 6 nitrogen and oxygen atoms in total. The fourth-order valence-corrected chi connectivity index (χ4v) is 3.45. The quantitative estimate of drug-likeness (QED) is 0.710. The summed E-state index contributed by atoms with van der Waals surface area (Å²) in [6.45, 7) is 2.01. The van der Waals surface area contributed by atoms with Gasteiger partial charge in [-0.2, -0.15) is 0 Å².